The molecule has 0 heterocycles. The molecule has 0 unspecified atom stereocenters. The number of halogens is 2. The number of benzene rings is 2. The highest BCUT2D eigenvalue weighted by Gasteiger charge is 2.14. The number of amides is 1. The van der Waals surface area contributed by atoms with Crippen molar-refractivity contribution in [3.63, 3.8) is 0 Å². The zero-order chi connectivity index (χ0) is 19.8. The third-order valence-corrected chi connectivity index (χ3v) is 4.26. The van der Waals surface area contributed by atoms with Gasteiger partial charge in [0.25, 0.3) is 5.91 Å². The van der Waals surface area contributed by atoms with E-state index in [2.05, 4.69) is 21.2 Å². The van der Waals surface area contributed by atoms with Crippen molar-refractivity contribution in [2.24, 2.45) is 0 Å². The SMILES string of the molecule is CCOc1cc(OCC)c(/C=C(\C#N)C(=O)Nc2ccc(Br)cc2)cc1Cl. The first kappa shape index (κ1) is 20.8. The van der Waals surface area contributed by atoms with Crippen molar-refractivity contribution < 1.29 is 14.3 Å². The van der Waals surface area contributed by atoms with Gasteiger partial charge in [0.05, 0.1) is 18.2 Å². The van der Waals surface area contributed by atoms with Gasteiger partial charge in [-0.3, -0.25) is 4.79 Å². The summed E-state index contributed by atoms with van der Waals surface area (Å²) in [4.78, 5) is 12.4. The molecule has 0 saturated carbocycles. The van der Waals surface area contributed by atoms with Gasteiger partial charge >= 0.3 is 0 Å². The summed E-state index contributed by atoms with van der Waals surface area (Å²) in [6.45, 7) is 4.57. The van der Waals surface area contributed by atoms with Crippen LogP contribution in [-0.4, -0.2) is 19.1 Å². The smallest absolute Gasteiger partial charge is 0.266 e. The van der Waals surface area contributed by atoms with Crippen molar-refractivity contribution in [1.82, 2.24) is 0 Å². The van der Waals surface area contributed by atoms with Gasteiger partial charge in [-0.15, -0.1) is 0 Å². The Bertz CT molecular complexity index is 889. The zero-order valence-corrected chi connectivity index (χ0v) is 17.2. The second-order valence-electron chi connectivity index (χ2n) is 5.32. The van der Waals surface area contributed by atoms with Gasteiger partial charge in [-0.25, -0.2) is 0 Å². The fourth-order valence-corrected chi connectivity index (χ4v) is 2.74. The maximum absolute atomic E-state index is 12.4. The fourth-order valence-electron chi connectivity index (χ4n) is 2.25. The van der Waals surface area contributed by atoms with Crippen LogP contribution in [0, 0.1) is 11.3 Å². The number of rotatable bonds is 7. The van der Waals surface area contributed by atoms with Gasteiger partial charge in [-0.1, -0.05) is 27.5 Å². The second kappa shape index (κ2) is 10.0. The number of nitriles is 1. The highest BCUT2D eigenvalue weighted by atomic mass is 79.9. The second-order valence-corrected chi connectivity index (χ2v) is 6.64. The summed E-state index contributed by atoms with van der Waals surface area (Å²) in [5.74, 6) is 0.444. The van der Waals surface area contributed by atoms with E-state index in [0.29, 0.717) is 41.0 Å². The molecule has 0 aliphatic rings. The van der Waals surface area contributed by atoms with E-state index in [1.54, 1.807) is 36.4 Å². The van der Waals surface area contributed by atoms with Crippen LogP contribution in [0.25, 0.3) is 6.08 Å². The first-order valence-corrected chi connectivity index (χ1v) is 9.43. The summed E-state index contributed by atoms with van der Waals surface area (Å²) in [5.41, 5.74) is 1.03. The molecule has 0 aliphatic heterocycles. The van der Waals surface area contributed by atoms with Crippen LogP contribution in [0.2, 0.25) is 5.02 Å². The molecule has 140 valence electrons. The molecule has 1 amide bonds. The summed E-state index contributed by atoms with van der Waals surface area (Å²) in [6.07, 6.45) is 1.45. The molecular formula is C20H18BrClN2O3. The van der Waals surface area contributed by atoms with Crippen LogP contribution in [0.3, 0.4) is 0 Å². The van der Waals surface area contributed by atoms with Crippen LogP contribution in [0.1, 0.15) is 19.4 Å². The Morgan fingerprint density at radius 1 is 1.19 bits per heavy atom. The third-order valence-electron chi connectivity index (χ3n) is 3.43. The minimum atomic E-state index is -0.521. The monoisotopic (exact) mass is 448 g/mol. The van der Waals surface area contributed by atoms with Gasteiger partial charge in [0.1, 0.15) is 23.1 Å². The number of nitrogens with zero attached hydrogens (tertiary/aromatic N) is 1. The topological polar surface area (TPSA) is 71.3 Å². The third kappa shape index (κ3) is 5.75. The van der Waals surface area contributed by atoms with Gasteiger partial charge in [0.2, 0.25) is 0 Å². The quantitative estimate of drug-likeness (QED) is 0.451. The van der Waals surface area contributed by atoms with Gasteiger partial charge in [-0.05, 0) is 50.3 Å². The Morgan fingerprint density at radius 3 is 2.41 bits per heavy atom. The number of nitrogens with one attached hydrogen (secondary N) is 1. The van der Waals surface area contributed by atoms with E-state index in [0.717, 1.165) is 4.47 Å². The van der Waals surface area contributed by atoms with E-state index in [-0.39, 0.29) is 5.57 Å². The lowest BCUT2D eigenvalue weighted by Crippen LogP contribution is -2.13. The average molecular weight is 450 g/mol. The molecule has 0 spiro atoms. The molecule has 0 bridgehead atoms. The van der Waals surface area contributed by atoms with Crippen molar-refractivity contribution in [3.8, 4) is 17.6 Å². The number of carbonyl (C=O) groups excluding carboxylic acids is 1. The number of hydrogen-bond donors (Lipinski definition) is 1. The molecule has 2 aromatic rings. The van der Waals surface area contributed by atoms with Gasteiger partial charge in [-0.2, -0.15) is 5.26 Å². The number of hydrogen-bond acceptors (Lipinski definition) is 4. The minimum absolute atomic E-state index is 0.0703. The van der Waals surface area contributed by atoms with E-state index in [1.807, 2.05) is 19.9 Å². The Kier molecular flexibility index (Phi) is 7.71. The lowest BCUT2D eigenvalue weighted by atomic mass is 10.1. The maximum Gasteiger partial charge on any atom is 0.266 e. The van der Waals surface area contributed by atoms with Crippen molar-refractivity contribution in [3.05, 3.63) is 57.0 Å². The van der Waals surface area contributed by atoms with Crippen LogP contribution in [0.15, 0.2) is 46.4 Å². The molecule has 0 aliphatic carbocycles. The first-order valence-electron chi connectivity index (χ1n) is 8.26. The molecule has 27 heavy (non-hydrogen) atoms. The lowest BCUT2D eigenvalue weighted by molar-refractivity contribution is -0.112. The first-order chi connectivity index (χ1) is 13.0. The summed E-state index contributed by atoms with van der Waals surface area (Å²) < 4.78 is 12.0. The number of anilines is 1. The largest absolute Gasteiger partial charge is 0.493 e. The molecule has 0 radical (unpaired) electrons. The molecule has 0 atom stereocenters. The average Bonchev–Trinajstić information content (AvgIpc) is 2.65. The zero-order valence-electron chi connectivity index (χ0n) is 14.9. The Balaban J connectivity index is 2.35. The maximum atomic E-state index is 12.4. The van der Waals surface area contributed by atoms with Crippen LogP contribution >= 0.6 is 27.5 Å². The van der Waals surface area contributed by atoms with Crippen molar-refractivity contribution in [2.75, 3.05) is 18.5 Å². The van der Waals surface area contributed by atoms with Crippen molar-refractivity contribution in [1.29, 1.82) is 5.26 Å². The standard InChI is InChI=1S/C20H18BrClN2O3/c1-3-26-18-11-19(27-4-2)17(22)10-13(18)9-14(12-23)20(25)24-16-7-5-15(21)6-8-16/h5-11H,3-4H2,1-2H3,(H,24,25)/b14-9+. The molecule has 0 aromatic heterocycles. The van der Waals surface area contributed by atoms with Crippen LogP contribution in [-0.2, 0) is 4.79 Å². The van der Waals surface area contributed by atoms with Crippen LogP contribution in [0.5, 0.6) is 11.5 Å². The minimum Gasteiger partial charge on any atom is -0.493 e. The van der Waals surface area contributed by atoms with E-state index >= 15 is 0 Å². The fraction of sp³-hybridized carbons (Fsp3) is 0.200. The highest BCUT2D eigenvalue weighted by Crippen LogP contribution is 2.34. The van der Waals surface area contributed by atoms with Gasteiger partial charge in [0, 0.05) is 21.8 Å². The Morgan fingerprint density at radius 2 is 1.81 bits per heavy atom. The highest BCUT2D eigenvalue weighted by molar-refractivity contribution is 9.10. The van der Waals surface area contributed by atoms with Crippen LogP contribution in [0.4, 0.5) is 5.69 Å². The van der Waals surface area contributed by atoms with Crippen molar-refractivity contribution in [2.45, 2.75) is 13.8 Å². The van der Waals surface area contributed by atoms with E-state index in [4.69, 9.17) is 21.1 Å². The summed E-state index contributed by atoms with van der Waals surface area (Å²) in [7, 11) is 0. The molecule has 2 aromatic carbocycles. The Hall–Kier alpha value is -2.49. The molecule has 2 rings (SSSR count). The summed E-state index contributed by atoms with van der Waals surface area (Å²) >= 11 is 9.57. The van der Waals surface area contributed by atoms with Crippen molar-refractivity contribution >= 4 is 45.2 Å². The van der Waals surface area contributed by atoms with E-state index in [9.17, 15) is 10.1 Å². The normalized spacial score (nSPS) is 10.9. The molecular weight excluding hydrogens is 432 g/mol. The molecule has 0 saturated heterocycles. The molecule has 5 nitrogen and oxygen atoms in total. The number of carbonyl (C=O) groups is 1. The van der Waals surface area contributed by atoms with Gasteiger partial charge < -0.3 is 14.8 Å². The predicted octanol–water partition coefficient (Wildman–Crippen LogP) is 5.45. The van der Waals surface area contributed by atoms with Crippen LogP contribution < -0.4 is 14.8 Å². The van der Waals surface area contributed by atoms with E-state index < -0.39 is 5.91 Å². The molecule has 0 fully saturated rings. The molecule has 7 heteroatoms. The van der Waals surface area contributed by atoms with Gasteiger partial charge in [0.15, 0.2) is 0 Å². The molecule has 1 N–H and O–H groups in total. The summed E-state index contributed by atoms with van der Waals surface area (Å²) in [6, 6.07) is 12.2. The predicted molar refractivity (Wildman–Crippen MR) is 110 cm³/mol. The lowest BCUT2D eigenvalue weighted by Gasteiger charge is -2.12. The number of ether oxygens (including phenoxy) is 2. The Labute approximate surface area is 171 Å². The van der Waals surface area contributed by atoms with E-state index in [1.165, 1.54) is 6.08 Å². The summed E-state index contributed by atoms with van der Waals surface area (Å²) in [5, 5.41) is 12.5.